The molecule has 4 aliphatic rings. The second-order valence-electron chi connectivity index (χ2n) is 11.0. The molecule has 2 atom stereocenters. The molecule has 9 nitrogen and oxygen atoms in total. The van der Waals surface area contributed by atoms with Gasteiger partial charge in [0.05, 0.1) is 35.8 Å². The molecule has 3 amide bonds. The number of carbonyl (C=O) groups excluding carboxylic acids is 5. The van der Waals surface area contributed by atoms with Crippen molar-refractivity contribution in [1.82, 2.24) is 0 Å². The molecule has 0 radical (unpaired) electrons. The van der Waals surface area contributed by atoms with E-state index < -0.39 is 36.3 Å². The van der Waals surface area contributed by atoms with Crippen molar-refractivity contribution in [1.29, 1.82) is 0 Å². The average molecular weight is 587 g/mol. The normalized spacial score (nSPS) is 20.8. The lowest BCUT2D eigenvalue weighted by Crippen LogP contribution is -2.41. The number of hydrogen-bond acceptors (Lipinski definition) is 7. The van der Waals surface area contributed by atoms with Gasteiger partial charge in [-0.15, -0.1) is 0 Å². The first-order valence-electron chi connectivity index (χ1n) is 14.2. The third-order valence-corrected chi connectivity index (χ3v) is 8.73. The van der Waals surface area contributed by atoms with Crippen molar-refractivity contribution in [2.24, 2.45) is 11.8 Å². The van der Waals surface area contributed by atoms with E-state index in [4.69, 9.17) is 4.74 Å². The molecule has 1 saturated heterocycles. The van der Waals surface area contributed by atoms with E-state index in [9.17, 15) is 24.0 Å². The van der Waals surface area contributed by atoms with E-state index in [0.29, 0.717) is 16.9 Å². The van der Waals surface area contributed by atoms with Crippen LogP contribution in [-0.2, 0) is 23.9 Å². The van der Waals surface area contributed by atoms with Gasteiger partial charge in [0.1, 0.15) is 0 Å². The second-order valence-corrected chi connectivity index (χ2v) is 11.0. The van der Waals surface area contributed by atoms with E-state index in [1.54, 1.807) is 12.1 Å². The Balaban J connectivity index is 1.04. The van der Waals surface area contributed by atoms with Gasteiger partial charge in [-0.3, -0.25) is 14.4 Å². The highest BCUT2D eigenvalue weighted by Gasteiger charge is 2.61. The van der Waals surface area contributed by atoms with Crippen LogP contribution in [0.1, 0.15) is 54.8 Å². The quantitative estimate of drug-likeness (QED) is 0.258. The van der Waals surface area contributed by atoms with E-state index >= 15 is 0 Å². The van der Waals surface area contributed by atoms with Crippen molar-refractivity contribution in [2.75, 3.05) is 23.9 Å². The zero-order valence-electron chi connectivity index (χ0n) is 23.6. The van der Waals surface area contributed by atoms with Crippen LogP contribution in [-0.4, -0.2) is 43.4 Å². The Morgan fingerprint density at radius 2 is 1.11 bits per heavy atom. The lowest BCUT2D eigenvalue weighted by Gasteiger charge is -2.45. The molecule has 1 aliphatic heterocycles. The number of esters is 2. The maximum Gasteiger partial charge on any atom is 0.338 e. The monoisotopic (exact) mass is 586 g/mol. The molecule has 4 aromatic rings. The number of hydrogen-bond donors (Lipinski definition) is 1. The fraction of sp³-hybridized carbons (Fsp3) is 0.171. The summed E-state index contributed by atoms with van der Waals surface area (Å²) in [5.41, 5.74) is 5.69. The van der Waals surface area contributed by atoms with Gasteiger partial charge in [-0.1, -0.05) is 48.5 Å². The van der Waals surface area contributed by atoms with Crippen LogP contribution in [0.25, 0.3) is 0 Å². The first-order chi connectivity index (χ1) is 21.4. The summed E-state index contributed by atoms with van der Waals surface area (Å²) in [5, 5.41) is 2.59. The summed E-state index contributed by atoms with van der Waals surface area (Å²) in [6.45, 7) is -0.532. The first-order valence-corrected chi connectivity index (χ1v) is 14.2. The Hall–Kier alpha value is -5.57. The second kappa shape index (κ2) is 10.6. The van der Waals surface area contributed by atoms with Gasteiger partial charge in [-0.25, -0.2) is 14.5 Å². The summed E-state index contributed by atoms with van der Waals surface area (Å²) >= 11 is 0. The highest BCUT2D eigenvalue weighted by molar-refractivity contribution is 6.23. The Morgan fingerprint density at radius 3 is 1.59 bits per heavy atom. The Bertz CT molecular complexity index is 1730. The van der Waals surface area contributed by atoms with Gasteiger partial charge < -0.3 is 14.8 Å². The molecule has 1 heterocycles. The number of nitrogens with zero attached hydrogens (tertiary/aromatic N) is 1. The number of amides is 3. The van der Waals surface area contributed by atoms with Crippen LogP contribution in [0.4, 0.5) is 11.4 Å². The molecule has 0 saturated carbocycles. The third-order valence-electron chi connectivity index (χ3n) is 8.73. The molecular formula is C35H26N2O7. The fourth-order valence-electron chi connectivity index (χ4n) is 6.90. The van der Waals surface area contributed by atoms with E-state index in [0.717, 1.165) is 22.3 Å². The minimum Gasteiger partial charge on any atom is -0.465 e. The lowest BCUT2D eigenvalue weighted by atomic mass is 9.55. The van der Waals surface area contributed by atoms with Gasteiger partial charge in [0.2, 0.25) is 11.8 Å². The number of nitrogens with one attached hydrogen (secondary N) is 1. The predicted molar refractivity (Wildman–Crippen MR) is 159 cm³/mol. The largest absolute Gasteiger partial charge is 0.465 e. The number of carbonyl (C=O) groups is 5. The summed E-state index contributed by atoms with van der Waals surface area (Å²) in [7, 11) is 1.28. The Kier molecular flexibility index (Phi) is 6.58. The van der Waals surface area contributed by atoms with E-state index in [1.165, 1.54) is 48.4 Å². The molecule has 4 aromatic carbocycles. The smallest absolute Gasteiger partial charge is 0.338 e. The summed E-state index contributed by atoms with van der Waals surface area (Å²) < 4.78 is 9.81. The molecule has 0 unspecified atom stereocenters. The van der Waals surface area contributed by atoms with Crippen molar-refractivity contribution in [3.05, 3.63) is 130 Å². The fourth-order valence-corrected chi connectivity index (χ4v) is 6.90. The molecule has 1 N–H and O–H groups in total. The van der Waals surface area contributed by atoms with E-state index in [1.807, 2.05) is 24.3 Å². The molecule has 0 aromatic heterocycles. The SMILES string of the molecule is COC(=O)c1ccc(NC(=O)COC(=O)c2ccc(N3C(=O)[C@@H]4C5c6ccccc6C(c6ccccc65)[C@H]4C3=O)cc2)cc1. The van der Waals surface area contributed by atoms with Gasteiger partial charge in [0, 0.05) is 17.5 Å². The van der Waals surface area contributed by atoms with Crippen molar-refractivity contribution in [3.63, 3.8) is 0 Å². The highest BCUT2D eigenvalue weighted by atomic mass is 16.5. The molecule has 9 heteroatoms. The number of methoxy groups -OCH3 is 1. The molecule has 3 aliphatic carbocycles. The molecule has 0 spiro atoms. The predicted octanol–water partition coefficient (Wildman–Crippen LogP) is 4.67. The van der Waals surface area contributed by atoms with E-state index in [-0.39, 0.29) is 29.2 Å². The van der Waals surface area contributed by atoms with Gasteiger partial charge in [-0.2, -0.15) is 0 Å². The van der Waals surface area contributed by atoms with Crippen LogP contribution in [0.3, 0.4) is 0 Å². The van der Waals surface area contributed by atoms with E-state index in [2.05, 4.69) is 34.3 Å². The zero-order chi connectivity index (χ0) is 30.5. The molecule has 44 heavy (non-hydrogen) atoms. The molecular weight excluding hydrogens is 560 g/mol. The summed E-state index contributed by atoms with van der Waals surface area (Å²) in [6.07, 6.45) is 0. The van der Waals surface area contributed by atoms with Crippen molar-refractivity contribution < 1.29 is 33.4 Å². The summed E-state index contributed by atoms with van der Waals surface area (Å²) in [5.74, 6) is -3.69. The highest BCUT2D eigenvalue weighted by Crippen LogP contribution is 2.61. The van der Waals surface area contributed by atoms with Gasteiger partial charge >= 0.3 is 11.9 Å². The van der Waals surface area contributed by atoms with Crippen LogP contribution in [0, 0.1) is 11.8 Å². The molecule has 8 rings (SSSR count). The molecule has 2 bridgehead atoms. The number of imide groups is 1. The topological polar surface area (TPSA) is 119 Å². The Labute approximate surface area is 252 Å². The number of rotatable bonds is 6. The van der Waals surface area contributed by atoms with Crippen LogP contribution in [0.15, 0.2) is 97.1 Å². The Morgan fingerprint density at radius 1 is 0.659 bits per heavy atom. The van der Waals surface area contributed by atoms with Crippen LogP contribution < -0.4 is 10.2 Å². The lowest BCUT2D eigenvalue weighted by molar-refractivity contribution is -0.122. The molecule has 218 valence electrons. The standard InChI is InChI=1S/C35H26N2O7/c1-43-34(41)19-10-14-21(15-11-19)36-27(38)18-44-35(42)20-12-16-22(17-13-20)37-32(39)30-28-23-6-2-3-7-24(23)29(31(30)33(37)40)26-9-5-4-8-25(26)28/h2-17,28-31H,18H2,1H3,(H,36,38)/t28?,29?,30-,31-/m1/s1. The minimum absolute atomic E-state index is 0.167. The van der Waals surface area contributed by atoms with Crippen molar-refractivity contribution >= 4 is 41.0 Å². The zero-order valence-corrected chi connectivity index (χ0v) is 23.6. The third kappa shape index (κ3) is 4.27. The number of anilines is 2. The minimum atomic E-state index is -0.732. The maximum atomic E-state index is 13.9. The van der Waals surface area contributed by atoms with Gasteiger partial charge in [0.15, 0.2) is 6.61 Å². The maximum absolute atomic E-state index is 13.9. The first kappa shape index (κ1) is 27.3. The summed E-state index contributed by atoms with van der Waals surface area (Å²) in [6, 6.07) is 28.2. The summed E-state index contributed by atoms with van der Waals surface area (Å²) in [4.78, 5) is 65.6. The number of ether oxygens (including phenoxy) is 2. The van der Waals surface area contributed by atoms with Crippen LogP contribution in [0.5, 0.6) is 0 Å². The number of benzene rings is 4. The van der Waals surface area contributed by atoms with Gasteiger partial charge in [-0.05, 0) is 70.8 Å². The van der Waals surface area contributed by atoms with Crippen LogP contribution in [0.2, 0.25) is 0 Å². The van der Waals surface area contributed by atoms with Crippen LogP contribution >= 0.6 is 0 Å². The van der Waals surface area contributed by atoms with Crippen molar-refractivity contribution in [3.8, 4) is 0 Å². The van der Waals surface area contributed by atoms with Gasteiger partial charge in [0.25, 0.3) is 5.91 Å². The van der Waals surface area contributed by atoms with Crippen molar-refractivity contribution in [2.45, 2.75) is 11.8 Å². The molecule has 1 fully saturated rings. The average Bonchev–Trinajstić information content (AvgIpc) is 3.33.